The lowest BCUT2D eigenvalue weighted by Crippen LogP contribution is -2.07. The molecule has 0 aliphatic rings. The number of aromatic nitrogens is 2. The number of nitrogens with zero attached hydrogens (tertiary/aromatic N) is 2. The van der Waals surface area contributed by atoms with E-state index in [1.165, 1.54) is 0 Å². The first-order valence-electron chi connectivity index (χ1n) is 4.84. The maximum atomic E-state index is 12.3. The number of hydrogen-bond donors (Lipinski definition) is 1. The van der Waals surface area contributed by atoms with Crippen molar-refractivity contribution in [3.63, 3.8) is 0 Å². The monoisotopic (exact) mass is 337 g/mol. The van der Waals surface area contributed by atoms with Crippen LogP contribution in [0.1, 0.15) is 11.4 Å². The van der Waals surface area contributed by atoms with Crippen molar-refractivity contribution in [3.05, 3.63) is 40.1 Å². The summed E-state index contributed by atoms with van der Waals surface area (Å²) >= 11 is 4.00. The molecule has 0 aliphatic heterocycles. The number of anilines is 1. The van der Waals surface area contributed by atoms with Crippen LogP contribution < -0.4 is 5.32 Å². The molecule has 0 aliphatic carbocycles. The smallest absolute Gasteiger partial charge is 0.356 e. The molecule has 1 heterocycles. The predicted molar refractivity (Wildman–Crippen MR) is 66.4 cm³/mol. The highest BCUT2D eigenvalue weighted by atomic mass is 79.9. The third-order valence-electron chi connectivity index (χ3n) is 2.04. The third-order valence-corrected chi connectivity index (χ3v) is 3.24. The standard InChI is InChI=1S/C10H7BrF3N3S/c11-7-3-1-6(2-4-7)5-15-9-16-8(17-18-9)10(12,13)14/h1-4H,5H2,(H,15,16,17). The fourth-order valence-electron chi connectivity index (χ4n) is 1.19. The van der Waals surface area contributed by atoms with Crippen molar-refractivity contribution in [2.75, 3.05) is 5.32 Å². The van der Waals surface area contributed by atoms with Crippen LogP contribution in [0.3, 0.4) is 0 Å². The molecule has 0 unspecified atom stereocenters. The molecule has 1 aromatic carbocycles. The van der Waals surface area contributed by atoms with Crippen LogP contribution in [0.2, 0.25) is 0 Å². The van der Waals surface area contributed by atoms with Crippen LogP contribution in [0, 0.1) is 0 Å². The largest absolute Gasteiger partial charge is 0.452 e. The molecule has 0 saturated heterocycles. The van der Waals surface area contributed by atoms with E-state index in [2.05, 4.69) is 30.6 Å². The van der Waals surface area contributed by atoms with Gasteiger partial charge in [0.25, 0.3) is 0 Å². The number of hydrogen-bond acceptors (Lipinski definition) is 4. The van der Waals surface area contributed by atoms with Crippen LogP contribution in [0.5, 0.6) is 0 Å². The lowest BCUT2D eigenvalue weighted by Gasteiger charge is -2.02. The Hall–Kier alpha value is -1.15. The Bertz CT molecular complexity index is 524. The molecule has 0 fully saturated rings. The zero-order chi connectivity index (χ0) is 13.2. The molecule has 96 valence electrons. The molecule has 3 nitrogen and oxygen atoms in total. The average Bonchev–Trinajstić information content (AvgIpc) is 2.77. The molecule has 18 heavy (non-hydrogen) atoms. The normalized spacial score (nSPS) is 11.6. The van der Waals surface area contributed by atoms with Gasteiger partial charge in [0.2, 0.25) is 11.0 Å². The highest BCUT2D eigenvalue weighted by Gasteiger charge is 2.36. The number of nitrogens with one attached hydrogen (secondary N) is 1. The maximum absolute atomic E-state index is 12.3. The average molecular weight is 338 g/mol. The van der Waals surface area contributed by atoms with E-state index < -0.39 is 12.0 Å². The fourth-order valence-corrected chi connectivity index (χ4v) is 2.04. The molecular weight excluding hydrogens is 331 g/mol. The van der Waals surface area contributed by atoms with E-state index >= 15 is 0 Å². The summed E-state index contributed by atoms with van der Waals surface area (Å²) in [6.45, 7) is 0.403. The Morgan fingerprint density at radius 1 is 1.22 bits per heavy atom. The number of rotatable bonds is 3. The van der Waals surface area contributed by atoms with Gasteiger partial charge in [-0.25, -0.2) is 0 Å². The summed E-state index contributed by atoms with van der Waals surface area (Å²) in [5, 5.41) is 2.96. The minimum absolute atomic E-state index is 0.158. The molecule has 0 bridgehead atoms. The van der Waals surface area contributed by atoms with Crippen molar-refractivity contribution >= 4 is 32.6 Å². The third kappa shape index (κ3) is 3.42. The molecule has 8 heteroatoms. The van der Waals surface area contributed by atoms with Crippen molar-refractivity contribution in [3.8, 4) is 0 Å². The van der Waals surface area contributed by atoms with Crippen LogP contribution in [0.15, 0.2) is 28.7 Å². The highest BCUT2D eigenvalue weighted by Crippen LogP contribution is 2.29. The maximum Gasteiger partial charge on any atom is 0.452 e. The van der Waals surface area contributed by atoms with Crippen LogP contribution in [0.25, 0.3) is 0 Å². The van der Waals surface area contributed by atoms with Gasteiger partial charge in [0.05, 0.1) is 0 Å². The Kier molecular flexibility index (Phi) is 3.86. The van der Waals surface area contributed by atoms with Gasteiger partial charge >= 0.3 is 6.18 Å². The van der Waals surface area contributed by atoms with Crippen molar-refractivity contribution < 1.29 is 13.2 Å². The first kappa shape index (κ1) is 13.3. The minimum atomic E-state index is -4.49. The summed E-state index contributed by atoms with van der Waals surface area (Å²) in [6.07, 6.45) is -4.49. The van der Waals surface area contributed by atoms with E-state index in [4.69, 9.17) is 0 Å². The van der Waals surface area contributed by atoms with E-state index in [1.807, 2.05) is 24.3 Å². The molecule has 0 amide bonds. The van der Waals surface area contributed by atoms with Crippen molar-refractivity contribution in [1.82, 2.24) is 9.36 Å². The van der Waals surface area contributed by atoms with Gasteiger partial charge in [-0.2, -0.15) is 22.5 Å². The minimum Gasteiger partial charge on any atom is -0.356 e. The highest BCUT2D eigenvalue weighted by molar-refractivity contribution is 9.10. The van der Waals surface area contributed by atoms with Crippen LogP contribution in [-0.4, -0.2) is 9.36 Å². The lowest BCUT2D eigenvalue weighted by atomic mass is 10.2. The number of alkyl halides is 3. The van der Waals surface area contributed by atoms with E-state index in [0.717, 1.165) is 10.0 Å². The quantitative estimate of drug-likeness (QED) is 0.921. The number of halogens is 4. The summed E-state index contributed by atoms with van der Waals surface area (Å²) in [5.74, 6) is -1.11. The summed E-state index contributed by atoms with van der Waals surface area (Å²) in [6, 6.07) is 7.45. The van der Waals surface area contributed by atoms with Gasteiger partial charge in [0, 0.05) is 22.5 Å². The Labute approximate surface area is 113 Å². The first-order chi connectivity index (χ1) is 8.45. The Morgan fingerprint density at radius 2 is 1.89 bits per heavy atom. The Morgan fingerprint density at radius 3 is 2.44 bits per heavy atom. The molecule has 2 rings (SSSR count). The second kappa shape index (κ2) is 5.23. The SMILES string of the molecule is FC(F)(F)c1nsc(NCc2ccc(Br)cc2)n1. The van der Waals surface area contributed by atoms with Crippen molar-refractivity contribution in [1.29, 1.82) is 0 Å². The van der Waals surface area contributed by atoms with Gasteiger partial charge in [-0.05, 0) is 17.7 Å². The fraction of sp³-hybridized carbons (Fsp3) is 0.200. The summed E-state index contributed by atoms with van der Waals surface area (Å²) < 4.78 is 41.0. The van der Waals surface area contributed by atoms with Crippen molar-refractivity contribution in [2.24, 2.45) is 0 Å². The van der Waals surface area contributed by atoms with E-state index in [0.29, 0.717) is 18.1 Å². The van der Waals surface area contributed by atoms with Crippen LogP contribution in [-0.2, 0) is 12.7 Å². The van der Waals surface area contributed by atoms with E-state index in [9.17, 15) is 13.2 Å². The topological polar surface area (TPSA) is 37.8 Å². The van der Waals surface area contributed by atoms with E-state index in [-0.39, 0.29) is 5.13 Å². The van der Waals surface area contributed by atoms with Crippen LogP contribution in [0.4, 0.5) is 18.3 Å². The molecule has 1 N–H and O–H groups in total. The molecule has 0 saturated carbocycles. The predicted octanol–water partition coefficient (Wildman–Crippen LogP) is 3.93. The zero-order valence-corrected chi connectivity index (χ0v) is 11.2. The molecule has 0 radical (unpaired) electrons. The molecule has 2 aromatic rings. The second-order valence-corrected chi connectivity index (χ2v) is 5.07. The summed E-state index contributed by atoms with van der Waals surface area (Å²) in [5.41, 5.74) is 0.946. The van der Waals surface area contributed by atoms with Gasteiger partial charge in [0.1, 0.15) is 0 Å². The van der Waals surface area contributed by atoms with Gasteiger partial charge in [-0.1, -0.05) is 28.1 Å². The van der Waals surface area contributed by atoms with Crippen LogP contribution >= 0.6 is 27.5 Å². The lowest BCUT2D eigenvalue weighted by molar-refractivity contribution is -0.144. The summed E-state index contributed by atoms with van der Waals surface area (Å²) in [7, 11) is 0. The van der Waals surface area contributed by atoms with Gasteiger partial charge < -0.3 is 5.32 Å². The van der Waals surface area contributed by atoms with E-state index in [1.54, 1.807) is 0 Å². The molecule has 1 aromatic heterocycles. The van der Waals surface area contributed by atoms with Gasteiger partial charge in [0.15, 0.2) is 0 Å². The van der Waals surface area contributed by atoms with Gasteiger partial charge in [-0.15, -0.1) is 0 Å². The first-order valence-corrected chi connectivity index (χ1v) is 6.41. The molecule has 0 atom stereocenters. The summed E-state index contributed by atoms with van der Waals surface area (Å²) in [4.78, 5) is 3.38. The van der Waals surface area contributed by atoms with Crippen molar-refractivity contribution in [2.45, 2.75) is 12.7 Å². The van der Waals surface area contributed by atoms with Gasteiger partial charge in [-0.3, -0.25) is 0 Å². The zero-order valence-electron chi connectivity index (χ0n) is 8.83. The second-order valence-electron chi connectivity index (χ2n) is 3.40. The number of benzene rings is 1. The Balaban J connectivity index is 1.98. The molecule has 0 spiro atoms. The molecular formula is C10H7BrF3N3S.